The van der Waals surface area contributed by atoms with Crippen molar-refractivity contribution in [2.75, 3.05) is 12.3 Å². The van der Waals surface area contributed by atoms with Crippen LogP contribution in [-0.4, -0.2) is 22.5 Å². The number of aryl methyl sites for hydroxylation is 1. The summed E-state index contributed by atoms with van der Waals surface area (Å²) in [6.45, 7) is 7.37. The first-order chi connectivity index (χ1) is 6.09. The van der Waals surface area contributed by atoms with E-state index in [1.807, 2.05) is 31.6 Å². The maximum Gasteiger partial charge on any atom is 0.0822 e. The summed E-state index contributed by atoms with van der Waals surface area (Å²) in [6.07, 6.45) is 2.10. The Kier molecular flexibility index (Phi) is 3.31. The van der Waals surface area contributed by atoms with E-state index in [2.05, 4.69) is 5.10 Å². The summed E-state index contributed by atoms with van der Waals surface area (Å²) in [6, 6.07) is 0. The van der Waals surface area contributed by atoms with Crippen LogP contribution in [0.15, 0.2) is 6.20 Å². The quantitative estimate of drug-likeness (QED) is 0.763. The van der Waals surface area contributed by atoms with Crippen LogP contribution < -0.4 is 5.73 Å². The zero-order valence-electron chi connectivity index (χ0n) is 8.45. The molecule has 0 spiro atoms. The molecular formula is C9H17N3O. The highest BCUT2D eigenvalue weighted by Gasteiger charge is 2.00. The molecule has 0 aliphatic heterocycles. The van der Waals surface area contributed by atoms with Crippen molar-refractivity contribution in [1.29, 1.82) is 0 Å². The highest BCUT2D eigenvalue weighted by atomic mass is 16.5. The number of rotatable bonds is 4. The number of hydrogen-bond acceptors (Lipinski definition) is 3. The molecular weight excluding hydrogens is 166 g/mol. The molecule has 0 aliphatic rings. The van der Waals surface area contributed by atoms with E-state index >= 15 is 0 Å². The van der Waals surface area contributed by atoms with Crippen molar-refractivity contribution in [2.24, 2.45) is 0 Å². The molecule has 0 aromatic carbocycles. The van der Waals surface area contributed by atoms with E-state index < -0.39 is 0 Å². The van der Waals surface area contributed by atoms with Gasteiger partial charge in [0.2, 0.25) is 0 Å². The van der Waals surface area contributed by atoms with E-state index in [-0.39, 0.29) is 6.10 Å². The Balaban J connectivity index is 2.37. The van der Waals surface area contributed by atoms with Gasteiger partial charge in [0.1, 0.15) is 0 Å². The fraction of sp³-hybridized carbons (Fsp3) is 0.667. The summed E-state index contributed by atoms with van der Waals surface area (Å²) in [5.74, 6) is 0. The van der Waals surface area contributed by atoms with Crippen LogP contribution in [0.4, 0.5) is 5.69 Å². The first-order valence-corrected chi connectivity index (χ1v) is 4.50. The van der Waals surface area contributed by atoms with Crippen molar-refractivity contribution in [3.8, 4) is 0 Å². The van der Waals surface area contributed by atoms with Gasteiger partial charge in [0, 0.05) is 6.20 Å². The minimum atomic E-state index is 0.272. The SMILES string of the molecule is Cc1nn(CCOC(C)C)cc1N. The second-order valence-corrected chi connectivity index (χ2v) is 3.35. The molecule has 0 saturated heterocycles. The van der Waals surface area contributed by atoms with Crippen LogP contribution >= 0.6 is 0 Å². The third-order valence-electron chi connectivity index (χ3n) is 1.76. The van der Waals surface area contributed by atoms with Crippen LogP contribution in [0.25, 0.3) is 0 Å². The number of nitrogens with two attached hydrogens (primary N) is 1. The number of nitrogen functional groups attached to an aromatic ring is 1. The minimum Gasteiger partial charge on any atom is -0.396 e. The first kappa shape index (κ1) is 10.1. The van der Waals surface area contributed by atoms with E-state index in [4.69, 9.17) is 10.5 Å². The molecule has 0 bridgehead atoms. The van der Waals surface area contributed by atoms with Gasteiger partial charge in [-0.05, 0) is 20.8 Å². The summed E-state index contributed by atoms with van der Waals surface area (Å²) in [7, 11) is 0. The van der Waals surface area contributed by atoms with Gasteiger partial charge < -0.3 is 10.5 Å². The monoisotopic (exact) mass is 183 g/mol. The molecule has 1 heterocycles. The molecule has 1 aromatic rings. The number of ether oxygens (including phenoxy) is 1. The van der Waals surface area contributed by atoms with Crippen LogP contribution in [-0.2, 0) is 11.3 Å². The maximum absolute atomic E-state index is 5.65. The number of aromatic nitrogens is 2. The number of anilines is 1. The zero-order chi connectivity index (χ0) is 9.84. The summed E-state index contributed by atoms with van der Waals surface area (Å²) in [4.78, 5) is 0. The highest BCUT2D eigenvalue weighted by molar-refractivity contribution is 5.39. The van der Waals surface area contributed by atoms with Crippen molar-refractivity contribution < 1.29 is 4.74 Å². The molecule has 13 heavy (non-hydrogen) atoms. The number of hydrogen-bond donors (Lipinski definition) is 1. The van der Waals surface area contributed by atoms with Crippen LogP contribution in [0.5, 0.6) is 0 Å². The molecule has 0 saturated carbocycles. The van der Waals surface area contributed by atoms with Crippen LogP contribution in [0.3, 0.4) is 0 Å². The van der Waals surface area contributed by atoms with E-state index in [1.54, 1.807) is 0 Å². The molecule has 4 heteroatoms. The molecule has 0 amide bonds. The van der Waals surface area contributed by atoms with Crippen molar-refractivity contribution in [1.82, 2.24) is 9.78 Å². The van der Waals surface area contributed by atoms with Gasteiger partial charge in [-0.25, -0.2) is 0 Å². The lowest BCUT2D eigenvalue weighted by Crippen LogP contribution is -2.10. The van der Waals surface area contributed by atoms with Gasteiger partial charge in [0.25, 0.3) is 0 Å². The smallest absolute Gasteiger partial charge is 0.0822 e. The summed E-state index contributed by atoms with van der Waals surface area (Å²) in [5.41, 5.74) is 7.27. The Morgan fingerprint density at radius 3 is 2.77 bits per heavy atom. The summed E-state index contributed by atoms with van der Waals surface area (Å²) >= 11 is 0. The lowest BCUT2D eigenvalue weighted by Gasteiger charge is -2.06. The van der Waals surface area contributed by atoms with E-state index in [9.17, 15) is 0 Å². The first-order valence-electron chi connectivity index (χ1n) is 4.50. The standard InChI is InChI=1S/C9H17N3O/c1-7(2)13-5-4-12-6-9(10)8(3)11-12/h6-7H,4-5,10H2,1-3H3. The van der Waals surface area contributed by atoms with Crippen LogP contribution in [0.1, 0.15) is 19.5 Å². The Bertz CT molecular complexity index is 248. The lowest BCUT2D eigenvalue weighted by atomic mass is 10.4. The second-order valence-electron chi connectivity index (χ2n) is 3.35. The van der Waals surface area contributed by atoms with E-state index in [1.165, 1.54) is 0 Å². The predicted octanol–water partition coefficient (Wildman–Crippen LogP) is 1.20. The molecule has 0 atom stereocenters. The fourth-order valence-corrected chi connectivity index (χ4v) is 1.03. The molecule has 4 nitrogen and oxygen atoms in total. The van der Waals surface area contributed by atoms with Crippen LogP contribution in [0, 0.1) is 6.92 Å². The molecule has 74 valence electrons. The molecule has 0 fully saturated rings. The normalized spacial score (nSPS) is 11.1. The van der Waals surface area contributed by atoms with Gasteiger partial charge in [-0.15, -0.1) is 0 Å². The Morgan fingerprint density at radius 1 is 1.62 bits per heavy atom. The molecule has 0 radical (unpaired) electrons. The zero-order valence-corrected chi connectivity index (χ0v) is 8.45. The number of nitrogens with zero attached hydrogens (tertiary/aromatic N) is 2. The lowest BCUT2D eigenvalue weighted by molar-refractivity contribution is 0.0709. The Morgan fingerprint density at radius 2 is 2.31 bits per heavy atom. The predicted molar refractivity (Wildman–Crippen MR) is 52.5 cm³/mol. The van der Waals surface area contributed by atoms with Gasteiger partial charge in [0.05, 0.1) is 30.6 Å². The van der Waals surface area contributed by atoms with Gasteiger partial charge >= 0.3 is 0 Å². The van der Waals surface area contributed by atoms with E-state index in [0.29, 0.717) is 6.61 Å². The highest BCUT2D eigenvalue weighted by Crippen LogP contribution is 2.06. The van der Waals surface area contributed by atoms with Crippen molar-refractivity contribution in [3.63, 3.8) is 0 Å². The van der Waals surface area contributed by atoms with Crippen LogP contribution in [0.2, 0.25) is 0 Å². The Labute approximate surface area is 78.7 Å². The van der Waals surface area contributed by atoms with Gasteiger partial charge in [-0.3, -0.25) is 4.68 Å². The average molecular weight is 183 g/mol. The van der Waals surface area contributed by atoms with Gasteiger partial charge in [-0.2, -0.15) is 5.10 Å². The molecule has 0 aliphatic carbocycles. The van der Waals surface area contributed by atoms with Crippen molar-refractivity contribution >= 4 is 5.69 Å². The summed E-state index contributed by atoms with van der Waals surface area (Å²) < 4.78 is 7.21. The van der Waals surface area contributed by atoms with Crippen molar-refractivity contribution in [3.05, 3.63) is 11.9 Å². The largest absolute Gasteiger partial charge is 0.396 e. The van der Waals surface area contributed by atoms with Crippen molar-refractivity contribution in [2.45, 2.75) is 33.4 Å². The average Bonchev–Trinajstić information content (AvgIpc) is 2.30. The fourth-order valence-electron chi connectivity index (χ4n) is 1.03. The molecule has 1 aromatic heterocycles. The third kappa shape index (κ3) is 3.06. The van der Waals surface area contributed by atoms with Gasteiger partial charge in [-0.1, -0.05) is 0 Å². The Hall–Kier alpha value is -1.03. The topological polar surface area (TPSA) is 53.1 Å². The maximum atomic E-state index is 5.65. The van der Waals surface area contributed by atoms with E-state index in [0.717, 1.165) is 17.9 Å². The molecule has 1 rings (SSSR count). The van der Waals surface area contributed by atoms with Gasteiger partial charge in [0.15, 0.2) is 0 Å². The summed E-state index contributed by atoms with van der Waals surface area (Å²) in [5, 5.41) is 4.22. The second kappa shape index (κ2) is 4.28. The molecule has 0 unspecified atom stereocenters. The third-order valence-corrected chi connectivity index (χ3v) is 1.76. The minimum absolute atomic E-state index is 0.272. The molecule has 2 N–H and O–H groups in total.